The van der Waals surface area contributed by atoms with Gasteiger partial charge in [0.25, 0.3) is 0 Å². The van der Waals surface area contributed by atoms with Crippen LogP contribution in [0.4, 0.5) is 0 Å². The standard InChI is InChI=1S/C20H32N2O3/c1-14-11-15(20(2,3)4)8-9-18(14)25-13-16(23)12-22-10-6-7-17(22)19(24)21-5/h8-9,11,16-17,23H,6-7,10,12-13H2,1-5H3,(H,21,24). The number of likely N-dealkylation sites (N-methyl/N-ethyl adjacent to an activating group) is 1. The van der Waals surface area contributed by atoms with Crippen molar-refractivity contribution >= 4 is 5.91 Å². The van der Waals surface area contributed by atoms with Gasteiger partial charge < -0.3 is 15.2 Å². The van der Waals surface area contributed by atoms with Crippen molar-refractivity contribution in [1.29, 1.82) is 0 Å². The second-order valence-corrected chi connectivity index (χ2v) is 7.96. The number of aryl methyl sites for hydroxylation is 1. The first kappa shape index (κ1) is 19.7. The lowest BCUT2D eigenvalue weighted by atomic mass is 9.86. The molecular formula is C20H32N2O3. The van der Waals surface area contributed by atoms with Gasteiger partial charge in [-0.05, 0) is 48.9 Å². The van der Waals surface area contributed by atoms with Crippen molar-refractivity contribution in [1.82, 2.24) is 10.2 Å². The van der Waals surface area contributed by atoms with Crippen LogP contribution < -0.4 is 10.1 Å². The first-order valence-corrected chi connectivity index (χ1v) is 9.10. The van der Waals surface area contributed by atoms with Crippen LogP contribution in [0.25, 0.3) is 0 Å². The molecule has 0 aromatic heterocycles. The first-order valence-electron chi connectivity index (χ1n) is 9.10. The Balaban J connectivity index is 1.90. The number of rotatable bonds is 6. The number of hydrogen-bond acceptors (Lipinski definition) is 4. The first-order chi connectivity index (χ1) is 11.7. The Kier molecular flexibility index (Phi) is 6.47. The van der Waals surface area contributed by atoms with Gasteiger partial charge in [-0.3, -0.25) is 9.69 Å². The Hall–Kier alpha value is -1.59. The Labute approximate surface area is 151 Å². The van der Waals surface area contributed by atoms with Crippen LogP contribution in [0.5, 0.6) is 5.75 Å². The lowest BCUT2D eigenvalue weighted by molar-refractivity contribution is -0.125. The average molecular weight is 348 g/mol. The molecule has 2 atom stereocenters. The Morgan fingerprint density at radius 3 is 2.76 bits per heavy atom. The van der Waals surface area contributed by atoms with E-state index in [0.29, 0.717) is 6.54 Å². The highest BCUT2D eigenvalue weighted by Gasteiger charge is 2.31. The van der Waals surface area contributed by atoms with Crippen molar-refractivity contribution < 1.29 is 14.6 Å². The predicted molar refractivity (Wildman–Crippen MR) is 100 cm³/mol. The molecule has 1 aromatic carbocycles. The minimum atomic E-state index is -0.619. The molecule has 0 bridgehead atoms. The van der Waals surface area contributed by atoms with Gasteiger partial charge in [-0.2, -0.15) is 0 Å². The molecule has 1 aliphatic heterocycles. The summed E-state index contributed by atoms with van der Waals surface area (Å²) in [7, 11) is 1.66. The molecule has 1 amide bonds. The second-order valence-electron chi connectivity index (χ2n) is 7.96. The molecule has 25 heavy (non-hydrogen) atoms. The molecule has 0 saturated carbocycles. The molecule has 140 valence electrons. The van der Waals surface area contributed by atoms with Crippen LogP contribution in [0.1, 0.15) is 44.7 Å². The third kappa shape index (κ3) is 5.19. The Bertz CT molecular complexity index is 595. The maximum absolute atomic E-state index is 11.9. The lowest BCUT2D eigenvalue weighted by Gasteiger charge is -2.26. The van der Waals surface area contributed by atoms with Crippen LogP contribution in [0, 0.1) is 6.92 Å². The summed E-state index contributed by atoms with van der Waals surface area (Å²) in [6, 6.07) is 6.07. The number of β-amino-alcohol motifs (C(OH)–C–C–N with tert-alkyl or cyclic N) is 1. The summed E-state index contributed by atoms with van der Waals surface area (Å²) in [5.41, 5.74) is 2.44. The van der Waals surface area contributed by atoms with E-state index < -0.39 is 6.10 Å². The van der Waals surface area contributed by atoms with Crippen LogP contribution in [0.3, 0.4) is 0 Å². The van der Waals surface area contributed by atoms with Crippen molar-refractivity contribution in [2.24, 2.45) is 0 Å². The minimum absolute atomic E-state index is 0.0271. The van der Waals surface area contributed by atoms with Crippen molar-refractivity contribution in [2.75, 3.05) is 26.7 Å². The van der Waals surface area contributed by atoms with Gasteiger partial charge in [-0.25, -0.2) is 0 Å². The zero-order chi connectivity index (χ0) is 18.6. The second kappa shape index (κ2) is 8.19. The van der Waals surface area contributed by atoms with E-state index in [2.05, 4.69) is 38.2 Å². The number of aliphatic hydroxyl groups excluding tert-OH is 1. The fourth-order valence-electron chi connectivity index (χ4n) is 3.30. The summed E-state index contributed by atoms with van der Waals surface area (Å²) >= 11 is 0. The van der Waals surface area contributed by atoms with Crippen molar-refractivity contribution in [3.05, 3.63) is 29.3 Å². The summed E-state index contributed by atoms with van der Waals surface area (Å²) in [6.45, 7) is 10.1. The summed E-state index contributed by atoms with van der Waals surface area (Å²) in [5, 5.41) is 13.0. The molecule has 5 heteroatoms. The van der Waals surface area contributed by atoms with E-state index in [1.54, 1.807) is 7.05 Å². The van der Waals surface area contributed by atoms with E-state index in [0.717, 1.165) is 30.7 Å². The fraction of sp³-hybridized carbons (Fsp3) is 0.650. The molecule has 1 saturated heterocycles. The monoisotopic (exact) mass is 348 g/mol. The van der Waals surface area contributed by atoms with E-state index in [-0.39, 0.29) is 24.0 Å². The topological polar surface area (TPSA) is 61.8 Å². The van der Waals surface area contributed by atoms with Gasteiger partial charge in [-0.15, -0.1) is 0 Å². The van der Waals surface area contributed by atoms with E-state index in [9.17, 15) is 9.90 Å². The molecule has 2 rings (SSSR count). The molecule has 1 heterocycles. The molecular weight excluding hydrogens is 316 g/mol. The van der Waals surface area contributed by atoms with Gasteiger partial charge >= 0.3 is 0 Å². The highest BCUT2D eigenvalue weighted by molar-refractivity contribution is 5.81. The van der Waals surface area contributed by atoms with Crippen LogP contribution in [0.2, 0.25) is 0 Å². The predicted octanol–water partition coefficient (Wildman–Crippen LogP) is 2.24. The molecule has 5 nitrogen and oxygen atoms in total. The number of amides is 1. The minimum Gasteiger partial charge on any atom is -0.491 e. The number of aliphatic hydroxyl groups is 1. The van der Waals surface area contributed by atoms with Gasteiger partial charge in [0.15, 0.2) is 0 Å². The average Bonchev–Trinajstić information content (AvgIpc) is 3.00. The Morgan fingerprint density at radius 2 is 2.16 bits per heavy atom. The van der Waals surface area contributed by atoms with Crippen molar-refractivity contribution in [2.45, 2.75) is 58.1 Å². The van der Waals surface area contributed by atoms with Gasteiger partial charge in [0.1, 0.15) is 18.5 Å². The lowest BCUT2D eigenvalue weighted by Crippen LogP contribution is -2.45. The van der Waals surface area contributed by atoms with E-state index in [1.165, 1.54) is 5.56 Å². The molecule has 2 N–H and O–H groups in total. The summed E-state index contributed by atoms with van der Waals surface area (Å²) in [5.74, 6) is 0.829. The molecule has 2 unspecified atom stereocenters. The van der Waals surface area contributed by atoms with Crippen LogP contribution in [-0.2, 0) is 10.2 Å². The van der Waals surface area contributed by atoms with Gasteiger partial charge in [0, 0.05) is 13.6 Å². The number of hydrogen-bond donors (Lipinski definition) is 2. The van der Waals surface area contributed by atoms with Crippen LogP contribution >= 0.6 is 0 Å². The SMILES string of the molecule is CNC(=O)C1CCCN1CC(O)COc1ccc(C(C)(C)C)cc1C. The number of likely N-dealkylation sites (tertiary alicyclic amines) is 1. The zero-order valence-electron chi connectivity index (χ0n) is 16.1. The molecule has 1 fully saturated rings. The number of nitrogens with one attached hydrogen (secondary N) is 1. The number of carbonyl (C=O) groups is 1. The maximum Gasteiger partial charge on any atom is 0.237 e. The third-order valence-electron chi connectivity index (χ3n) is 4.83. The molecule has 1 aliphatic rings. The summed E-state index contributed by atoms with van der Waals surface area (Å²) in [6.07, 6.45) is 1.21. The maximum atomic E-state index is 11.9. The van der Waals surface area contributed by atoms with Gasteiger partial charge in [-0.1, -0.05) is 32.9 Å². The summed E-state index contributed by atoms with van der Waals surface area (Å²) < 4.78 is 5.82. The van der Waals surface area contributed by atoms with Crippen molar-refractivity contribution in [3.8, 4) is 5.75 Å². The van der Waals surface area contributed by atoms with E-state index >= 15 is 0 Å². The molecule has 1 aromatic rings. The fourth-order valence-corrected chi connectivity index (χ4v) is 3.30. The molecule has 0 spiro atoms. The smallest absolute Gasteiger partial charge is 0.237 e. The number of ether oxygens (including phenoxy) is 1. The quantitative estimate of drug-likeness (QED) is 0.828. The van der Waals surface area contributed by atoms with E-state index in [4.69, 9.17) is 4.74 Å². The Morgan fingerprint density at radius 1 is 1.44 bits per heavy atom. The number of carbonyl (C=O) groups excluding carboxylic acids is 1. The molecule has 0 aliphatic carbocycles. The highest BCUT2D eigenvalue weighted by atomic mass is 16.5. The number of nitrogens with zero attached hydrogens (tertiary/aromatic N) is 1. The van der Waals surface area contributed by atoms with Crippen LogP contribution in [0.15, 0.2) is 18.2 Å². The largest absolute Gasteiger partial charge is 0.491 e. The zero-order valence-corrected chi connectivity index (χ0v) is 16.1. The third-order valence-corrected chi connectivity index (χ3v) is 4.83. The number of benzene rings is 1. The van der Waals surface area contributed by atoms with E-state index in [1.807, 2.05) is 17.9 Å². The molecule has 0 radical (unpaired) electrons. The van der Waals surface area contributed by atoms with Crippen molar-refractivity contribution in [3.63, 3.8) is 0 Å². The normalized spacial score (nSPS) is 19.7. The van der Waals surface area contributed by atoms with Gasteiger partial charge in [0.2, 0.25) is 5.91 Å². The summed E-state index contributed by atoms with van der Waals surface area (Å²) in [4.78, 5) is 13.9. The highest BCUT2D eigenvalue weighted by Crippen LogP contribution is 2.27. The van der Waals surface area contributed by atoms with Gasteiger partial charge in [0.05, 0.1) is 6.04 Å². The van der Waals surface area contributed by atoms with Crippen LogP contribution in [-0.4, -0.2) is 54.8 Å².